The highest BCUT2D eigenvalue weighted by Crippen LogP contribution is 2.28. The van der Waals surface area contributed by atoms with E-state index in [0.29, 0.717) is 17.1 Å². The maximum Gasteiger partial charge on any atom is 0.338 e. The summed E-state index contributed by atoms with van der Waals surface area (Å²) in [6.45, 7) is 3.50. The van der Waals surface area contributed by atoms with Crippen LogP contribution in [0.5, 0.6) is 11.5 Å². The van der Waals surface area contributed by atoms with E-state index in [1.807, 2.05) is 19.1 Å². The molecule has 0 bridgehead atoms. The van der Waals surface area contributed by atoms with Crippen molar-refractivity contribution in [2.24, 2.45) is 0 Å². The highest BCUT2D eigenvalue weighted by Gasteiger charge is 2.21. The third-order valence-corrected chi connectivity index (χ3v) is 3.61. The lowest BCUT2D eigenvalue weighted by molar-refractivity contribution is 0.0318. The van der Waals surface area contributed by atoms with Crippen molar-refractivity contribution in [2.45, 2.75) is 20.0 Å². The fourth-order valence-corrected chi connectivity index (χ4v) is 2.20. The van der Waals surface area contributed by atoms with Gasteiger partial charge in [-0.2, -0.15) is 0 Å². The summed E-state index contributed by atoms with van der Waals surface area (Å²) < 4.78 is 15.6. The second kappa shape index (κ2) is 7.64. The predicted octanol–water partition coefficient (Wildman–Crippen LogP) is 3.44. The molecule has 5 heteroatoms. The normalized spacial score (nSPS) is 11.5. The second-order valence-electron chi connectivity index (χ2n) is 5.35. The van der Waals surface area contributed by atoms with Crippen LogP contribution in [0.4, 0.5) is 0 Å². The molecule has 5 nitrogen and oxygen atoms in total. The van der Waals surface area contributed by atoms with Crippen LogP contribution in [0.3, 0.4) is 0 Å². The predicted molar refractivity (Wildman–Crippen MR) is 89.9 cm³/mol. The number of rotatable bonds is 6. The van der Waals surface area contributed by atoms with E-state index in [1.165, 1.54) is 20.3 Å². The van der Waals surface area contributed by atoms with Crippen LogP contribution in [0.25, 0.3) is 0 Å². The molecular weight excluding hydrogens is 308 g/mol. The van der Waals surface area contributed by atoms with Gasteiger partial charge < -0.3 is 14.2 Å². The highest BCUT2D eigenvalue weighted by molar-refractivity contribution is 6.01. The molecule has 0 unspecified atom stereocenters. The monoisotopic (exact) mass is 328 g/mol. The Morgan fingerprint density at radius 3 is 2.04 bits per heavy atom. The average molecular weight is 328 g/mol. The van der Waals surface area contributed by atoms with Gasteiger partial charge in [0.1, 0.15) is 0 Å². The molecule has 2 rings (SSSR count). The number of esters is 1. The number of hydrogen-bond donors (Lipinski definition) is 0. The van der Waals surface area contributed by atoms with Crippen molar-refractivity contribution in [3.05, 3.63) is 59.2 Å². The van der Waals surface area contributed by atoms with Gasteiger partial charge in [-0.3, -0.25) is 4.79 Å². The smallest absolute Gasteiger partial charge is 0.338 e. The van der Waals surface area contributed by atoms with Crippen LogP contribution in [0.15, 0.2) is 42.5 Å². The molecule has 0 aliphatic carbocycles. The number of carbonyl (C=O) groups excluding carboxylic acids is 2. The van der Waals surface area contributed by atoms with Crippen LogP contribution in [-0.2, 0) is 4.74 Å². The van der Waals surface area contributed by atoms with Crippen LogP contribution in [-0.4, -0.2) is 32.1 Å². The van der Waals surface area contributed by atoms with Crippen molar-refractivity contribution in [3.8, 4) is 11.5 Å². The lowest BCUT2D eigenvalue weighted by Gasteiger charge is -2.14. The summed E-state index contributed by atoms with van der Waals surface area (Å²) in [5, 5.41) is 0. The van der Waals surface area contributed by atoms with E-state index in [-0.39, 0.29) is 11.3 Å². The van der Waals surface area contributed by atoms with Gasteiger partial charge in [-0.25, -0.2) is 4.79 Å². The largest absolute Gasteiger partial charge is 0.493 e. The van der Waals surface area contributed by atoms with E-state index < -0.39 is 12.1 Å². The third-order valence-electron chi connectivity index (χ3n) is 3.61. The lowest BCUT2D eigenvalue weighted by atomic mass is 10.1. The molecule has 24 heavy (non-hydrogen) atoms. The molecule has 126 valence electrons. The summed E-state index contributed by atoms with van der Waals surface area (Å²) in [6.07, 6.45) is -0.881. The van der Waals surface area contributed by atoms with E-state index in [2.05, 4.69) is 0 Å². The van der Waals surface area contributed by atoms with Crippen molar-refractivity contribution in [1.82, 2.24) is 0 Å². The summed E-state index contributed by atoms with van der Waals surface area (Å²) in [7, 11) is 2.99. The summed E-state index contributed by atoms with van der Waals surface area (Å²) in [5.74, 6) is 0.0926. The summed E-state index contributed by atoms with van der Waals surface area (Å²) in [4.78, 5) is 24.6. The third kappa shape index (κ3) is 3.93. The molecule has 0 fully saturated rings. The van der Waals surface area contributed by atoms with Crippen molar-refractivity contribution in [2.75, 3.05) is 14.2 Å². The van der Waals surface area contributed by atoms with Crippen LogP contribution >= 0.6 is 0 Å². The zero-order valence-corrected chi connectivity index (χ0v) is 14.2. The van der Waals surface area contributed by atoms with E-state index in [0.717, 1.165) is 5.56 Å². The van der Waals surface area contributed by atoms with Gasteiger partial charge in [0.05, 0.1) is 19.8 Å². The Morgan fingerprint density at radius 1 is 0.875 bits per heavy atom. The fourth-order valence-electron chi connectivity index (χ4n) is 2.20. The summed E-state index contributed by atoms with van der Waals surface area (Å²) >= 11 is 0. The maximum atomic E-state index is 12.3. The topological polar surface area (TPSA) is 61.8 Å². The molecule has 0 saturated carbocycles. The number of aryl methyl sites for hydroxylation is 1. The van der Waals surface area contributed by atoms with E-state index >= 15 is 0 Å². The number of methoxy groups -OCH3 is 2. The molecule has 2 aromatic carbocycles. The van der Waals surface area contributed by atoms with E-state index in [1.54, 1.807) is 31.2 Å². The second-order valence-corrected chi connectivity index (χ2v) is 5.35. The number of benzene rings is 2. The van der Waals surface area contributed by atoms with Crippen LogP contribution in [0.2, 0.25) is 0 Å². The molecule has 0 N–H and O–H groups in total. The molecule has 0 spiro atoms. The van der Waals surface area contributed by atoms with Gasteiger partial charge in [0.2, 0.25) is 5.78 Å². The molecule has 0 saturated heterocycles. The van der Waals surface area contributed by atoms with Gasteiger partial charge in [0.25, 0.3) is 0 Å². The first-order valence-electron chi connectivity index (χ1n) is 7.50. The van der Waals surface area contributed by atoms with Crippen molar-refractivity contribution in [3.63, 3.8) is 0 Å². The number of hydrogen-bond acceptors (Lipinski definition) is 5. The molecule has 0 amide bonds. The Kier molecular flexibility index (Phi) is 5.58. The van der Waals surface area contributed by atoms with Crippen LogP contribution < -0.4 is 9.47 Å². The van der Waals surface area contributed by atoms with Crippen molar-refractivity contribution in [1.29, 1.82) is 0 Å². The molecule has 0 aliphatic rings. The SMILES string of the molecule is COc1ccc(C(=O)O[C@@H](C)C(=O)c2ccc(C)cc2)cc1OC. The number of ketones is 1. The Labute approximate surface area is 141 Å². The zero-order chi connectivity index (χ0) is 17.7. The Hall–Kier alpha value is -2.82. The quantitative estimate of drug-likeness (QED) is 0.600. The summed E-state index contributed by atoms with van der Waals surface area (Å²) in [6, 6.07) is 11.8. The standard InChI is InChI=1S/C19H20O5/c1-12-5-7-14(8-6-12)18(20)13(2)24-19(21)15-9-10-16(22-3)17(11-15)23-4/h5-11,13H,1-4H3/t13-/m0/s1. The first kappa shape index (κ1) is 17.5. The average Bonchev–Trinajstić information content (AvgIpc) is 2.60. The Bertz CT molecular complexity index is 734. The Balaban J connectivity index is 2.11. The molecule has 1 atom stereocenters. The fraction of sp³-hybridized carbons (Fsp3) is 0.263. The molecule has 0 radical (unpaired) electrons. The van der Waals surface area contributed by atoms with Gasteiger partial charge >= 0.3 is 5.97 Å². The van der Waals surface area contributed by atoms with Crippen LogP contribution in [0, 0.1) is 6.92 Å². The molecular formula is C19H20O5. The zero-order valence-electron chi connectivity index (χ0n) is 14.2. The minimum absolute atomic E-state index is 0.246. The van der Waals surface area contributed by atoms with E-state index in [9.17, 15) is 9.59 Å². The minimum atomic E-state index is -0.881. The number of Topliss-reactive ketones (excluding diaryl/α,β-unsaturated/α-hetero) is 1. The van der Waals surface area contributed by atoms with Gasteiger partial charge in [-0.05, 0) is 32.0 Å². The molecule has 0 aliphatic heterocycles. The molecule has 2 aromatic rings. The molecule has 0 aromatic heterocycles. The van der Waals surface area contributed by atoms with Crippen molar-refractivity contribution >= 4 is 11.8 Å². The summed E-state index contributed by atoms with van der Waals surface area (Å²) in [5.41, 5.74) is 1.85. The minimum Gasteiger partial charge on any atom is -0.493 e. The number of carbonyl (C=O) groups is 2. The van der Waals surface area contributed by atoms with Gasteiger partial charge in [0.15, 0.2) is 17.6 Å². The van der Waals surface area contributed by atoms with E-state index in [4.69, 9.17) is 14.2 Å². The van der Waals surface area contributed by atoms with Gasteiger partial charge in [-0.15, -0.1) is 0 Å². The van der Waals surface area contributed by atoms with Crippen LogP contribution in [0.1, 0.15) is 33.2 Å². The van der Waals surface area contributed by atoms with Gasteiger partial charge in [-0.1, -0.05) is 29.8 Å². The maximum absolute atomic E-state index is 12.3. The first-order chi connectivity index (χ1) is 11.5. The van der Waals surface area contributed by atoms with Crippen molar-refractivity contribution < 1.29 is 23.8 Å². The van der Waals surface area contributed by atoms with Gasteiger partial charge in [0, 0.05) is 5.56 Å². The number of ether oxygens (including phenoxy) is 3. The lowest BCUT2D eigenvalue weighted by Crippen LogP contribution is -2.24. The molecule has 0 heterocycles. The Morgan fingerprint density at radius 2 is 1.46 bits per heavy atom. The first-order valence-corrected chi connectivity index (χ1v) is 7.50. The highest BCUT2D eigenvalue weighted by atomic mass is 16.5.